The highest BCUT2D eigenvalue weighted by Gasteiger charge is 2.37. The molecular formula is C30H25NO. The maximum Gasteiger partial charge on any atom is 0.155 e. The van der Waals surface area contributed by atoms with Crippen LogP contribution < -0.4 is 0 Å². The van der Waals surface area contributed by atoms with Crippen LogP contribution in [0.25, 0.3) is 23.1 Å². The van der Waals surface area contributed by atoms with Crippen LogP contribution in [-0.4, -0.2) is 10.1 Å². The van der Waals surface area contributed by atoms with E-state index >= 15 is 0 Å². The normalized spacial score (nSPS) is 11.9. The lowest BCUT2D eigenvalue weighted by molar-refractivity contribution is 0.121. The van der Waals surface area contributed by atoms with Gasteiger partial charge in [0.25, 0.3) is 0 Å². The van der Waals surface area contributed by atoms with E-state index in [0.29, 0.717) is 0 Å². The second-order valence-corrected chi connectivity index (χ2v) is 8.09. The van der Waals surface area contributed by atoms with Crippen LogP contribution in [0.15, 0.2) is 109 Å². The van der Waals surface area contributed by atoms with Crippen molar-refractivity contribution in [2.75, 3.05) is 0 Å². The Labute approximate surface area is 188 Å². The lowest BCUT2D eigenvalue weighted by Crippen LogP contribution is -2.30. The van der Waals surface area contributed by atoms with Gasteiger partial charge in [0.05, 0.1) is 5.69 Å². The number of aryl methyl sites for hydroxylation is 1. The summed E-state index contributed by atoms with van der Waals surface area (Å²) in [5, 5.41) is 13.5. The first-order valence-electron chi connectivity index (χ1n) is 10.9. The average molecular weight is 416 g/mol. The molecule has 2 nitrogen and oxygen atoms in total. The van der Waals surface area contributed by atoms with Crippen molar-refractivity contribution >= 4 is 23.1 Å². The van der Waals surface area contributed by atoms with Crippen molar-refractivity contribution in [3.63, 3.8) is 0 Å². The van der Waals surface area contributed by atoms with Crippen LogP contribution in [0, 0.1) is 6.92 Å². The quantitative estimate of drug-likeness (QED) is 0.321. The molecule has 0 saturated carbocycles. The third-order valence-electron chi connectivity index (χ3n) is 6.11. The van der Waals surface area contributed by atoms with Gasteiger partial charge in [-0.2, -0.15) is 0 Å². The summed E-state index contributed by atoms with van der Waals surface area (Å²) in [6.45, 7) is 2.11. The largest absolute Gasteiger partial charge is 0.375 e. The first-order chi connectivity index (χ1) is 15.7. The Balaban J connectivity index is 1.79. The number of aromatic amines is 1. The number of nitrogens with one attached hydrogen (secondary N) is 1. The van der Waals surface area contributed by atoms with Crippen LogP contribution in [0.5, 0.6) is 0 Å². The van der Waals surface area contributed by atoms with E-state index in [1.54, 1.807) is 0 Å². The third-order valence-corrected chi connectivity index (χ3v) is 6.11. The molecule has 2 heteroatoms. The second kappa shape index (κ2) is 8.33. The summed E-state index contributed by atoms with van der Waals surface area (Å²) < 4.78 is 0. The minimum atomic E-state index is -1.33. The molecule has 0 aliphatic heterocycles. The summed E-state index contributed by atoms with van der Waals surface area (Å²) in [5.74, 6) is 0. The van der Waals surface area contributed by atoms with Crippen LogP contribution in [0.2, 0.25) is 0 Å². The molecule has 5 rings (SSSR count). The van der Waals surface area contributed by atoms with Crippen molar-refractivity contribution < 1.29 is 5.11 Å². The van der Waals surface area contributed by atoms with Gasteiger partial charge in [0.1, 0.15) is 0 Å². The first-order valence-corrected chi connectivity index (χ1v) is 10.9. The molecule has 1 heterocycles. The van der Waals surface area contributed by atoms with Crippen LogP contribution in [0.4, 0.5) is 0 Å². The first kappa shape index (κ1) is 20.0. The number of aliphatic hydroxyl groups is 1. The highest BCUT2D eigenvalue weighted by atomic mass is 16.3. The zero-order valence-electron chi connectivity index (χ0n) is 18.0. The predicted molar refractivity (Wildman–Crippen MR) is 133 cm³/mol. The molecule has 2 N–H and O–H groups in total. The predicted octanol–water partition coefficient (Wildman–Crippen LogP) is 6.93. The Bertz CT molecular complexity index is 1340. The van der Waals surface area contributed by atoms with Gasteiger partial charge >= 0.3 is 0 Å². The van der Waals surface area contributed by atoms with E-state index in [4.69, 9.17) is 0 Å². The molecule has 32 heavy (non-hydrogen) atoms. The summed E-state index contributed by atoms with van der Waals surface area (Å²) in [6, 6.07) is 36.3. The Morgan fingerprint density at radius 2 is 1.22 bits per heavy atom. The molecule has 0 unspecified atom stereocenters. The zero-order chi connectivity index (χ0) is 22.0. The van der Waals surface area contributed by atoms with Gasteiger partial charge in [0.2, 0.25) is 0 Å². The molecule has 0 aliphatic carbocycles. The number of hydrogen-bond donors (Lipinski definition) is 2. The number of fused-ring (bicyclic) bond motifs is 1. The Morgan fingerprint density at radius 3 is 1.88 bits per heavy atom. The van der Waals surface area contributed by atoms with E-state index in [0.717, 1.165) is 38.9 Å². The van der Waals surface area contributed by atoms with Crippen molar-refractivity contribution in [2.24, 2.45) is 0 Å². The van der Waals surface area contributed by atoms with Crippen LogP contribution >= 0.6 is 0 Å². The van der Waals surface area contributed by atoms with Gasteiger partial charge in [0, 0.05) is 16.5 Å². The van der Waals surface area contributed by atoms with Crippen LogP contribution in [-0.2, 0) is 5.60 Å². The lowest BCUT2D eigenvalue weighted by Gasteiger charge is -2.29. The molecule has 0 saturated heterocycles. The SMILES string of the molecule is Cc1ccccc1C=Cc1c(C(O)(c2ccccc2)c2ccccc2)[nH]c2ccccc12. The van der Waals surface area contributed by atoms with Gasteiger partial charge in [-0.05, 0) is 35.2 Å². The number of H-pyrrole nitrogens is 1. The fourth-order valence-electron chi connectivity index (χ4n) is 4.38. The summed E-state index contributed by atoms with van der Waals surface area (Å²) in [4.78, 5) is 3.55. The van der Waals surface area contributed by atoms with Crippen molar-refractivity contribution in [1.29, 1.82) is 0 Å². The van der Waals surface area contributed by atoms with Crippen molar-refractivity contribution in [3.8, 4) is 0 Å². The van der Waals surface area contributed by atoms with Gasteiger partial charge < -0.3 is 10.1 Å². The minimum absolute atomic E-state index is 0.765. The molecule has 0 spiro atoms. The maximum atomic E-state index is 12.4. The standard InChI is InChI=1S/C30H25NO/c1-22-12-8-9-13-23(22)20-21-27-26-18-10-11-19-28(26)31-29(27)30(32,24-14-4-2-5-15-24)25-16-6-3-7-17-25/h2-21,31-32H,1H3. The van der Waals surface area contributed by atoms with Crippen molar-refractivity contribution in [3.05, 3.63) is 143 Å². The van der Waals surface area contributed by atoms with Gasteiger partial charge in [-0.25, -0.2) is 0 Å². The van der Waals surface area contributed by atoms with Crippen molar-refractivity contribution in [2.45, 2.75) is 12.5 Å². The van der Waals surface area contributed by atoms with E-state index in [-0.39, 0.29) is 0 Å². The van der Waals surface area contributed by atoms with E-state index in [1.165, 1.54) is 5.56 Å². The van der Waals surface area contributed by atoms with Gasteiger partial charge in [-0.3, -0.25) is 0 Å². The molecule has 4 aromatic carbocycles. The van der Waals surface area contributed by atoms with E-state index in [1.807, 2.05) is 84.9 Å². The highest BCUT2D eigenvalue weighted by Crippen LogP contribution is 2.41. The zero-order valence-corrected chi connectivity index (χ0v) is 18.0. The average Bonchev–Trinajstić information content (AvgIpc) is 3.23. The fourth-order valence-corrected chi connectivity index (χ4v) is 4.38. The number of para-hydroxylation sites is 1. The van der Waals surface area contributed by atoms with Gasteiger partial charge in [-0.1, -0.05) is 115 Å². The Hall–Kier alpha value is -3.88. The maximum absolute atomic E-state index is 12.4. The molecule has 0 radical (unpaired) electrons. The van der Waals surface area contributed by atoms with Crippen molar-refractivity contribution in [1.82, 2.24) is 4.98 Å². The van der Waals surface area contributed by atoms with Crippen LogP contribution in [0.3, 0.4) is 0 Å². The molecule has 0 atom stereocenters. The van der Waals surface area contributed by atoms with Crippen LogP contribution in [0.1, 0.15) is 33.5 Å². The molecule has 1 aromatic heterocycles. The minimum Gasteiger partial charge on any atom is -0.375 e. The van der Waals surface area contributed by atoms with E-state index in [9.17, 15) is 5.11 Å². The summed E-state index contributed by atoms with van der Waals surface area (Å²) in [7, 11) is 0. The molecule has 0 fully saturated rings. The van der Waals surface area contributed by atoms with Gasteiger partial charge in [-0.15, -0.1) is 0 Å². The molecule has 0 amide bonds. The Kier molecular flexibility index (Phi) is 5.22. The monoisotopic (exact) mass is 415 g/mol. The van der Waals surface area contributed by atoms with Gasteiger partial charge in [0.15, 0.2) is 5.60 Å². The summed E-state index contributed by atoms with van der Waals surface area (Å²) >= 11 is 0. The molecule has 156 valence electrons. The van der Waals surface area contributed by atoms with E-state index < -0.39 is 5.60 Å². The molecule has 0 aliphatic rings. The lowest BCUT2D eigenvalue weighted by atomic mass is 9.81. The molecular weight excluding hydrogens is 390 g/mol. The number of aromatic nitrogens is 1. The topological polar surface area (TPSA) is 36.0 Å². The highest BCUT2D eigenvalue weighted by molar-refractivity contribution is 5.94. The number of hydrogen-bond acceptors (Lipinski definition) is 1. The summed E-state index contributed by atoms with van der Waals surface area (Å²) in [6.07, 6.45) is 4.25. The third kappa shape index (κ3) is 3.45. The summed E-state index contributed by atoms with van der Waals surface area (Å²) in [5.41, 5.74) is 5.44. The second-order valence-electron chi connectivity index (χ2n) is 8.09. The van der Waals surface area contributed by atoms with E-state index in [2.05, 4.69) is 48.3 Å². The fraction of sp³-hybridized carbons (Fsp3) is 0.0667. The Morgan fingerprint density at radius 1 is 0.656 bits per heavy atom. The molecule has 0 bridgehead atoms. The smallest absolute Gasteiger partial charge is 0.155 e. The number of rotatable bonds is 5. The molecule has 5 aromatic rings. The number of benzene rings is 4.